The molecular formula is C30H28BrNO2. The molecule has 0 bridgehead atoms. The highest BCUT2D eigenvalue weighted by molar-refractivity contribution is 9.10. The van der Waals surface area contributed by atoms with Crippen molar-refractivity contribution in [3.63, 3.8) is 0 Å². The van der Waals surface area contributed by atoms with E-state index in [2.05, 4.69) is 40.3 Å². The number of para-hydroxylation sites is 1. The van der Waals surface area contributed by atoms with Gasteiger partial charge in [-0.15, -0.1) is 0 Å². The lowest BCUT2D eigenvalue weighted by Gasteiger charge is -2.37. The Balaban J connectivity index is 1.61. The summed E-state index contributed by atoms with van der Waals surface area (Å²) in [5.41, 5.74) is 5.79. The van der Waals surface area contributed by atoms with Gasteiger partial charge in [0.2, 0.25) is 0 Å². The molecule has 3 aromatic carbocycles. The molecule has 3 nitrogen and oxygen atoms in total. The molecule has 5 rings (SSSR count). The van der Waals surface area contributed by atoms with Gasteiger partial charge in [0.1, 0.15) is 0 Å². The second kappa shape index (κ2) is 9.71. The first-order chi connectivity index (χ1) is 16.5. The van der Waals surface area contributed by atoms with Gasteiger partial charge in [-0.1, -0.05) is 89.1 Å². The van der Waals surface area contributed by atoms with Crippen LogP contribution < -0.4 is 5.32 Å². The number of benzene rings is 3. The maximum Gasteiger partial charge on any atom is 0.256 e. The van der Waals surface area contributed by atoms with E-state index in [1.54, 1.807) is 0 Å². The summed E-state index contributed by atoms with van der Waals surface area (Å²) in [7, 11) is 0. The molecule has 0 aromatic heterocycles. The smallest absolute Gasteiger partial charge is 0.256 e. The summed E-state index contributed by atoms with van der Waals surface area (Å²) in [6.45, 7) is 2.29. The topological polar surface area (TPSA) is 46.2 Å². The molecule has 1 aliphatic carbocycles. The number of carbonyl (C=O) groups excluding carboxylic acids is 2. The van der Waals surface area contributed by atoms with Crippen LogP contribution in [0.3, 0.4) is 0 Å². The van der Waals surface area contributed by atoms with Crippen molar-refractivity contribution in [2.75, 3.05) is 5.32 Å². The molecule has 3 atom stereocenters. The Hall–Kier alpha value is -2.98. The Morgan fingerprint density at radius 3 is 2.47 bits per heavy atom. The van der Waals surface area contributed by atoms with Crippen molar-refractivity contribution in [1.29, 1.82) is 0 Å². The normalized spacial score (nSPS) is 22.7. The van der Waals surface area contributed by atoms with Gasteiger partial charge >= 0.3 is 0 Å². The third kappa shape index (κ3) is 4.52. The fourth-order valence-corrected chi connectivity index (χ4v) is 5.84. The Morgan fingerprint density at radius 2 is 1.71 bits per heavy atom. The van der Waals surface area contributed by atoms with E-state index in [-0.39, 0.29) is 23.5 Å². The zero-order chi connectivity index (χ0) is 23.7. The van der Waals surface area contributed by atoms with E-state index in [9.17, 15) is 9.59 Å². The summed E-state index contributed by atoms with van der Waals surface area (Å²) in [6.07, 6.45) is 3.33. The van der Waals surface area contributed by atoms with Crippen molar-refractivity contribution in [2.24, 2.45) is 11.8 Å². The Kier molecular flexibility index (Phi) is 6.51. The molecule has 1 aliphatic heterocycles. The van der Waals surface area contributed by atoms with Crippen LogP contribution >= 0.6 is 15.9 Å². The number of hydrogen-bond acceptors (Lipinski definition) is 2. The molecule has 0 unspecified atom stereocenters. The lowest BCUT2D eigenvalue weighted by molar-refractivity contribution is -0.110. The van der Waals surface area contributed by atoms with Crippen LogP contribution in [0.25, 0.3) is 5.57 Å². The molecular weight excluding hydrogens is 486 g/mol. The summed E-state index contributed by atoms with van der Waals surface area (Å²) in [4.78, 5) is 26.6. The third-order valence-electron chi connectivity index (χ3n) is 7.29. The summed E-state index contributed by atoms with van der Waals surface area (Å²) in [5.74, 6) is 0.807. The molecule has 1 amide bonds. The fourth-order valence-electron chi connectivity index (χ4n) is 5.58. The van der Waals surface area contributed by atoms with E-state index >= 15 is 0 Å². The fraction of sp³-hybridized carbons (Fsp3) is 0.267. The van der Waals surface area contributed by atoms with E-state index in [0.717, 1.165) is 51.7 Å². The zero-order valence-corrected chi connectivity index (χ0v) is 20.8. The Labute approximate surface area is 209 Å². The molecule has 0 saturated heterocycles. The number of rotatable bonds is 5. The first-order valence-electron chi connectivity index (χ1n) is 12.0. The molecule has 4 heteroatoms. The standard InChI is InChI=1S/C30H28BrNO2/c1-19-11-16-23(29-24-9-5-6-10-27(24)32-30(29)34)26(17-19)25(20-12-14-22(31)15-13-20)18-28(33)21-7-3-2-4-8-21/h2-10,12-15,19,25-26H,11,16-18H2,1H3,(H,32,34)/b29-23-/t19-,25-,26+/m0/s1. The van der Waals surface area contributed by atoms with Gasteiger partial charge in [0.25, 0.3) is 5.91 Å². The molecule has 0 radical (unpaired) electrons. The number of ketones is 1. The third-order valence-corrected chi connectivity index (χ3v) is 7.82. The quantitative estimate of drug-likeness (QED) is 0.281. The Morgan fingerprint density at radius 1 is 1.00 bits per heavy atom. The van der Waals surface area contributed by atoms with E-state index in [0.29, 0.717) is 12.3 Å². The van der Waals surface area contributed by atoms with Crippen molar-refractivity contribution >= 4 is 38.9 Å². The highest BCUT2D eigenvalue weighted by atomic mass is 79.9. The van der Waals surface area contributed by atoms with Gasteiger partial charge in [0.05, 0.1) is 0 Å². The summed E-state index contributed by atoms with van der Waals surface area (Å²) >= 11 is 3.55. The molecule has 3 aromatic rings. The number of nitrogens with one attached hydrogen (secondary N) is 1. The molecule has 34 heavy (non-hydrogen) atoms. The summed E-state index contributed by atoms with van der Waals surface area (Å²) in [6, 6.07) is 25.8. The van der Waals surface area contributed by atoms with E-state index in [1.165, 1.54) is 5.57 Å². The van der Waals surface area contributed by atoms with Crippen LogP contribution in [0.1, 0.15) is 60.0 Å². The minimum Gasteiger partial charge on any atom is -0.321 e. The van der Waals surface area contributed by atoms with Gasteiger partial charge in [0.15, 0.2) is 5.78 Å². The van der Waals surface area contributed by atoms with Gasteiger partial charge in [-0.25, -0.2) is 0 Å². The highest BCUT2D eigenvalue weighted by Gasteiger charge is 2.38. The predicted molar refractivity (Wildman–Crippen MR) is 141 cm³/mol. The highest BCUT2D eigenvalue weighted by Crippen LogP contribution is 2.48. The Bertz CT molecular complexity index is 1250. The second-order valence-electron chi connectivity index (χ2n) is 9.54. The first-order valence-corrected chi connectivity index (χ1v) is 12.8. The average molecular weight is 514 g/mol. The SMILES string of the molecule is C[C@H]1CC/C(=C2/C(=O)Nc3ccccc32)[C@H]([C@@H](CC(=O)c2ccccc2)c2ccc(Br)cc2)C1. The number of amides is 1. The average Bonchev–Trinajstić information content (AvgIpc) is 3.19. The van der Waals surface area contributed by atoms with Gasteiger partial charge in [-0.05, 0) is 60.8 Å². The number of fused-ring (bicyclic) bond motifs is 1. The van der Waals surface area contributed by atoms with Crippen LogP contribution in [0.4, 0.5) is 5.69 Å². The second-order valence-corrected chi connectivity index (χ2v) is 10.5. The number of allylic oxidation sites excluding steroid dienone is 1. The van der Waals surface area contributed by atoms with Crippen molar-refractivity contribution in [2.45, 2.75) is 38.5 Å². The molecule has 1 fully saturated rings. The first kappa shape index (κ1) is 22.8. The van der Waals surface area contributed by atoms with Crippen LogP contribution in [0.15, 0.2) is 88.9 Å². The van der Waals surface area contributed by atoms with Crippen LogP contribution in [0.2, 0.25) is 0 Å². The number of carbonyl (C=O) groups is 2. The zero-order valence-electron chi connectivity index (χ0n) is 19.3. The van der Waals surface area contributed by atoms with Gasteiger partial charge in [0, 0.05) is 33.3 Å². The lowest BCUT2D eigenvalue weighted by Crippen LogP contribution is -2.26. The summed E-state index contributed by atoms with van der Waals surface area (Å²) < 4.78 is 1.02. The van der Waals surface area contributed by atoms with E-state index < -0.39 is 0 Å². The van der Waals surface area contributed by atoms with Crippen LogP contribution in [-0.2, 0) is 4.79 Å². The molecule has 172 valence electrons. The number of Topliss-reactive ketones (excluding diaryl/α,β-unsaturated/α-hetero) is 1. The van der Waals surface area contributed by atoms with Gasteiger partial charge < -0.3 is 5.32 Å². The predicted octanol–water partition coefficient (Wildman–Crippen LogP) is 7.65. The van der Waals surface area contributed by atoms with E-state index in [4.69, 9.17) is 0 Å². The van der Waals surface area contributed by atoms with Crippen molar-refractivity contribution < 1.29 is 9.59 Å². The molecule has 1 heterocycles. The van der Waals surface area contributed by atoms with E-state index in [1.807, 2.05) is 66.7 Å². The maximum atomic E-state index is 13.4. The number of halogens is 1. The number of anilines is 1. The molecule has 1 N–H and O–H groups in total. The van der Waals surface area contributed by atoms with Crippen molar-refractivity contribution in [3.8, 4) is 0 Å². The van der Waals surface area contributed by atoms with Crippen molar-refractivity contribution in [3.05, 3.63) is 106 Å². The lowest BCUT2D eigenvalue weighted by atomic mass is 9.67. The van der Waals surface area contributed by atoms with Crippen LogP contribution in [0, 0.1) is 11.8 Å². The molecule has 0 spiro atoms. The van der Waals surface area contributed by atoms with Crippen LogP contribution in [0.5, 0.6) is 0 Å². The minimum absolute atomic E-state index is 0.00613. The summed E-state index contributed by atoms with van der Waals surface area (Å²) in [5, 5.41) is 3.06. The van der Waals surface area contributed by atoms with Gasteiger partial charge in [-0.3, -0.25) is 9.59 Å². The van der Waals surface area contributed by atoms with Gasteiger partial charge in [-0.2, -0.15) is 0 Å². The van der Waals surface area contributed by atoms with Crippen molar-refractivity contribution in [1.82, 2.24) is 0 Å². The monoisotopic (exact) mass is 513 g/mol. The van der Waals surface area contributed by atoms with Crippen LogP contribution in [-0.4, -0.2) is 11.7 Å². The number of hydrogen-bond donors (Lipinski definition) is 1. The largest absolute Gasteiger partial charge is 0.321 e. The maximum absolute atomic E-state index is 13.4. The molecule has 2 aliphatic rings. The molecule has 1 saturated carbocycles. The minimum atomic E-state index is -0.0142.